The number of carboxylic acid groups (broad SMARTS) is 1. The van der Waals surface area contributed by atoms with Crippen molar-refractivity contribution < 1.29 is 35.1 Å². The van der Waals surface area contributed by atoms with Gasteiger partial charge in [-0.25, -0.2) is 10.2 Å². The van der Waals surface area contributed by atoms with E-state index in [0.717, 1.165) is 0 Å². The maximum atomic E-state index is 11.6. The molecule has 0 aromatic carbocycles. The number of aliphatic hydroxyl groups excluding tert-OH is 4. The van der Waals surface area contributed by atoms with Crippen molar-refractivity contribution in [2.45, 2.75) is 24.4 Å². The smallest absolute Gasteiger partial charge is 0.335 e. The van der Waals surface area contributed by atoms with E-state index in [9.17, 15) is 24.9 Å². The molecule has 4 atom stereocenters. The lowest BCUT2D eigenvalue weighted by Crippen LogP contribution is -2.48. The molecule has 0 unspecified atom stereocenters. The van der Waals surface area contributed by atoms with Gasteiger partial charge in [0.25, 0.3) is 5.91 Å². The molecule has 0 saturated carbocycles. The second-order valence-corrected chi connectivity index (χ2v) is 4.21. The number of aliphatic hydroxyl groups is 4. The summed E-state index contributed by atoms with van der Waals surface area (Å²) < 4.78 is 0. The predicted molar refractivity (Wildman–Crippen MR) is 71.9 cm³/mol. The van der Waals surface area contributed by atoms with Crippen LogP contribution in [0, 0.1) is 0 Å². The lowest BCUT2D eigenvalue weighted by atomic mass is 10.0. The quantitative estimate of drug-likeness (QED) is 0.233. The first-order valence-electron chi connectivity index (χ1n) is 6.03. The third-order valence-corrected chi connectivity index (χ3v) is 2.61. The monoisotopic (exact) mass is 313 g/mol. The van der Waals surface area contributed by atoms with E-state index in [1.165, 1.54) is 24.5 Å². The Hall–Kier alpha value is -2.40. The molecule has 1 aromatic rings. The van der Waals surface area contributed by atoms with E-state index >= 15 is 0 Å². The highest BCUT2D eigenvalue weighted by atomic mass is 16.4. The number of nitrogens with zero attached hydrogens (tertiary/aromatic N) is 2. The van der Waals surface area contributed by atoms with Crippen LogP contribution in [0.4, 0.5) is 0 Å². The molecule has 0 fully saturated rings. The minimum absolute atomic E-state index is 0.253. The maximum Gasteiger partial charge on any atom is 0.335 e. The molecule has 0 bridgehead atoms. The Morgan fingerprint density at radius 3 is 2.27 bits per heavy atom. The molecular weight excluding hydrogens is 298 g/mol. The standard InChI is InChI=1S/C12H15N3O7/c16-7(8(17)9(18)10(19)12(21)22)5-14-15-11(20)6-1-3-13-4-2-6/h1-5,7-10,16-19H,(H,15,20)(H,21,22)/b14-5-/t7-,8-,9-,10+/m0/s1. The Morgan fingerprint density at radius 1 is 1.14 bits per heavy atom. The number of carbonyl (C=O) groups excluding carboxylic acids is 1. The Bertz CT molecular complexity index is 537. The number of aromatic nitrogens is 1. The molecule has 120 valence electrons. The molecule has 0 spiro atoms. The van der Waals surface area contributed by atoms with Crippen LogP contribution in [0.25, 0.3) is 0 Å². The highest BCUT2D eigenvalue weighted by Crippen LogP contribution is 2.04. The Labute approximate surface area is 124 Å². The van der Waals surface area contributed by atoms with E-state index in [0.29, 0.717) is 6.21 Å². The van der Waals surface area contributed by atoms with Crippen molar-refractivity contribution in [3.8, 4) is 0 Å². The van der Waals surface area contributed by atoms with Gasteiger partial charge in [-0.1, -0.05) is 0 Å². The number of pyridine rings is 1. The second-order valence-electron chi connectivity index (χ2n) is 4.21. The zero-order valence-corrected chi connectivity index (χ0v) is 11.1. The molecule has 1 rings (SSSR count). The molecule has 1 aromatic heterocycles. The molecule has 0 aliphatic heterocycles. The van der Waals surface area contributed by atoms with Gasteiger partial charge >= 0.3 is 5.97 Å². The number of hydrazone groups is 1. The van der Waals surface area contributed by atoms with Gasteiger partial charge in [0.2, 0.25) is 0 Å². The van der Waals surface area contributed by atoms with Gasteiger partial charge in [-0.15, -0.1) is 0 Å². The van der Waals surface area contributed by atoms with Gasteiger partial charge in [-0.3, -0.25) is 9.78 Å². The first kappa shape index (κ1) is 17.7. The summed E-state index contributed by atoms with van der Waals surface area (Å²) in [6.07, 6.45) is -4.75. The third kappa shape index (κ3) is 4.86. The summed E-state index contributed by atoms with van der Waals surface area (Å²) in [6, 6.07) is 2.84. The Morgan fingerprint density at radius 2 is 1.73 bits per heavy atom. The van der Waals surface area contributed by atoms with Gasteiger partial charge < -0.3 is 25.5 Å². The van der Waals surface area contributed by atoms with Crippen LogP contribution in [0.5, 0.6) is 0 Å². The number of nitrogens with one attached hydrogen (secondary N) is 1. The first-order chi connectivity index (χ1) is 10.3. The molecule has 1 heterocycles. The van der Waals surface area contributed by atoms with Crippen molar-refractivity contribution in [1.82, 2.24) is 10.4 Å². The molecule has 0 saturated heterocycles. The summed E-state index contributed by atoms with van der Waals surface area (Å²) >= 11 is 0. The van der Waals surface area contributed by atoms with Crippen LogP contribution in [-0.4, -0.2) is 73.0 Å². The fourth-order valence-electron chi connectivity index (χ4n) is 1.36. The number of aliphatic carboxylic acids is 1. The third-order valence-electron chi connectivity index (χ3n) is 2.61. The molecular formula is C12H15N3O7. The van der Waals surface area contributed by atoms with Crippen molar-refractivity contribution in [2.24, 2.45) is 5.10 Å². The average molecular weight is 313 g/mol. The van der Waals surface area contributed by atoms with E-state index in [1.54, 1.807) is 0 Å². The number of hydrogen-bond donors (Lipinski definition) is 6. The van der Waals surface area contributed by atoms with Crippen molar-refractivity contribution in [3.05, 3.63) is 30.1 Å². The molecule has 22 heavy (non-hydrogen) atoms. The Kier molecular flexibility index (Phi) is 6.53. The van der Waals surface area contributed by atoms with Crippen LogP contribution in [-0.2, 0) is 4.79 Å². The fraction of sp³-hybridized carbons (Fsp3) is 0.333. The SMILES string of the molecule is O=C(N/N=C\[C@H](O)[C@H](O)[C@H](O)[C@@H](O)C(=O)O)c1ccncc1. The molecule has 1 amide bonds. The van der Waals surface area contributed by atoms with Gasteiger partial charge in [0, 0.05) is 18.0 Å². The lowest BCUT2D eigenvalue weighted by Gasteiger charge is -2.22. The van der Waals surface area contributed by atoms with Crippen LogP contribution in [0.3, 0.4) is 0 Å². The van der Waals surface area contributed by atoms with E-state index in [4.69, 9.17) is 10.2 Å². The van der Waals surface area contributed by atoms with Crippen LogP contribution >= 0.6 is 0 Å². The molecule has 0 aliphatic carbocycles. The normalized spacial score (nSPS) is 16.7. The summed E-state index contributed by atoms with van der Waals surface area (Å²) in [5.74, 6) is -2.37. The summed E-state index contributed by atoms with van der Waals surface area (Å²) in [6.45, 7) is 0. The van der Waals surface area contributed by atoms with Gasteiger partial charge in [-0.2, -0.15) is 5.10 Å². The number of hydrogen-bond acceptors (Lipinski definition) is 8. The molecule has 6 N–H and O–H groups in total. The minimum Gasteiger partial charge on any atom is -0.479 e. The van der Waals surface area contributed by atoms with Crippen LogP contribution in [0.15, 0.2) is 29.6 Å². The van der Waals surface area contributed by atoms with E-state index in [-0.39, 0.29) is 5.56 Å². The van der Waals surface area contributed by atoms with Crippen molar-refractivity contribution in [1.29, 1.82) is 0 Å². The number of amides is 1. The van der Waals surface area contributed by atoms with Crippen LogP contribution < -0.4 is 5.43 Å². The van der Waals surface area contributed by atoms with E-state index < -0.39 is 36.3 Å². The topological polar surface area (TPSA) is 173 Å². The van der Waals surface area contributed by atoms with Gasteiger partial charge in [-0.05, 0) is 12.1 Å². The first-order valence-corrected chi connectivity index (χ1v) is 6.03. The molecule has 10 nitrogen and oxygen atoms in total. The van der Waals surface area contributed by atoms with Crippen LogP contribution in [0.1, 0.15) is 10.4 Å². The summed E-state index contributed by atoms with van der Waals surface area (Å²) in [4.78, 5) is 25.7. The predicted octanol–water partition coefficient (Wildman–Crippen LogP) is -2.67. The van der Waals surface area contributed by atoms with Crippen molar-refractivity contribution in [2.75, 3.05) is 0 Å². The number of carbonyl (C=O) groups is 2. The average Bonchev–Trinajstić information content (AvgIpc) is 2.53. The molecule has 0 radical (unpaired) electrons. The summed E-state index contributed by atoms with van der Waals surface area (Å²) in [7, 11) is 0. The number of carboxylic acids is 1. The van der Waals surface area contributed by atoms with E-state index in [2.05, 4.69) is 10.1 Å². The van der Waals surface area contributed by atoms with Crippen LogP contribution in [0.2, 0.25) is 0 Å². The van der Waals surface area contributed by atoms with Gasteiger partial charge in [0.15, 0.2) is 6.10 Å². The second kappa shape index (κ2) is 8.14. The van der Waals surface area contributed by atoms with Gasteiger partial charge in [0.1, 0.15) is 18.3 Å². The van der Waals surface area contributed by atoms with Crippen molar-refractivity contribution >= 4 is 18.1 Å². The zero-order valence-electron chi connectivity index (χ0n) is 11.1. The Balaban J connectivity index is 2.55. The van der Waals surface area contributed by atoms with Gasteiger partial charge in [0.05, 0.1) is 6.21 Å². The number of rotatable bonds is 7. The lowest BCUT2D eigenvalue weighted by molar-refractivity contribution is -0.160. The summed E-state index contributed by atoms with van der Waals surface area (Å²) in [5.41, 5.74) is 2.30. The largest absolute Gasteiger partial charge is 0.479 e. The van der Waals surface area contributed by atoms with E-state index in [1.807, 2.05) is 5.43 Å². The molecule has 10 heteroatoms. The fourth-order valence-corrected chi connectivity index (χ4v) is 1.36. The molecule has 0 aliphatic rings. The highest BCUT2D eigenvalue weighted by Gasteiger charge is 2.33. The zero-order chi connectivity index (χ0) is 16.7. The maximum absolute atomic E-state index is 11.6. The minimum atomic E-state index is -2.27. The highest BCUT2D eigenvalue weighted by molar-refractivity contribution is 5.94. The summed E-state index contributed by atoms with van der Waals surface area (Å²) in [5, 5.41) is 49.1. The van der Waals surface area contributed by atoms with Crippen molar-refractivity contribution in [3.63, 3.8) is 0 Å².